The first-order chi connectivity index (χ1) is 17.6. The van der Waals surface area contributed by atoms with E-state index in [0.717, 1.165) is 35.5 Å². The van der Waals surface area contributed by atoms with Crippen molar-refractivity contribution >= 4 is 21.8 Å². The van der Waals surface area contributed by atoms with E-state index in [0.29, 0.717) is 17.4 Å². The number of nitrogens with zero attached hydrogens (tertiary/aromatic N) is 5. The number of nitrogens with one attached hydrogen (secondary N) is 2. The molecule has 0 atom stereocenters. The van der Waals surface area contributed by atoms with Gasteiger partial charge in [0.15, 0.2) is 0 Å². The molecule has 0 saturated carbocycles. The van der Waals surface area contributed by atoms with E-state index in [-0.39, 0.29) is 16.7 Å². The lowest BCUT2D eigenvalue weighted by Crippen LogP contribution is -2.15. The molecule has 0 fully saturated rings. The van der Waals surface area contributed by atoms with Gasteiger partial charge in [-0.05, 0) is 49.4 Å². The molecule has 0 unspecified atom stereocenters. The largest absolute Gasteiger partial charge is 0.437 e. The summed E-state index contributed by atoms with van der Waals surface area (Å²) in [6, 6.07) is 11.2. The molecule has 4 rings (SSSR count). The Kier molecular flexibility index (Phi) is 7.72. The van der Waals surface area contributed by atoms with Crippen molar-refractivity contribution in [3.8, 4) is 22.9 Å². The highest BCUT2D eigenvalue weighted by atomic mass is 32.2. The number of hydrogen-bond acceptors (Lipinski definition) is 8. The summed E-state index contributed by atoms with van der Waals surface area (Å²) in [5.41, 5.74) is 3.39. The first-order valence-electron chi connectivity index (χ1n) is 12.0. The zero-order valence-corrected chi connectivity index (χ0v) is 22.4. The van der Waals surface area contributed by atoms with E-state index in [2.05, 4.69) is 43.9 Å². The number of hydrogen-bond donors (Lipinski definition) is 2. The molecule has 3 aromatic heterocycles. The Morgan fingerprint density at radius 2 is 1.81 bits per heavy atom. The number of rotatable bonds is 10. The standard InChI is InChI=1S/C26H31N7O3S/c1-17(2)11-12-27-23-10-9-20(14-28-23)36-24-13-22(25-18(3)7-6-8-19(25)4)30-26(31-24)32-37(34,35)21-15-29-33(5)16-21/h6-10,13-17H,11-12H2,1-5H3,(H,27,28)(H,30,31,32). The Balaban J connectivity index is 1.65. The van der Waals surface area contributed by atoms with Crippen molar-refractivity contribution in [3.63, 3.8) is 0 Å². The highest BCUT2D eigenvalue weighted by Crippen LogP contribution is 2.31. The van der Waals surface area contributed by atoms with Gasteiger partial charge in [0.25, 0.3) is 10.0 Å². The van der Waals surface area contributed by atoms with Crippen LogP contribution in [-0.4, -0.2) is 39.7 Å². The molecule has 194 valence electrons. The molecule has 1 aromatic carbocycles. The molecule has 4 aromatic rings. The van der Waals surface area contributed by atoms with Crippen molar-refractivity contribution in [3.05, 3.63) is 66.1 Å². The van der Waals surface area contributed by atoms with Gasteiger partial charge in [-0.2, -0.15) is 10.1 Å². The highest BCUT2D eigenvalue weighted by Gasteiger charge is 2.20. The number of pyridine rings is 1. The molecular formula is C26H31N7O3S. The fourth-order valence-electron chi connectivity index (χ4n) is 3.74. The topological polar surface area (TPSA) is 124 Å². The summed E-state index contributed by atoms with van der Waals surface area (Å²) in [7, 11) is -2.32. The van der Waals surface area contributed by atoms with Crippen molar-refractivity contribution < 1.29 is 13.2 Å². The van der Waals surface area contributed by atoms with Gasteiger partial charge < -0.3 is 10.1 Å². The van der Waals surface area contributed by atoms with E-state index in [1.54, 1.807) is 25.4 Å². The SMILES string of the molecule is Cc1cccc(C)c1-c1cc(Oc2ccc(NCCC(C)C)nc2)nc(NS(=O)(=O)c2cnn(C)c2)n1. The maximum Gasteiger partial charge on any atom is 0.267 e. The third-order valence-electron chi connectivity index (χ3n) is 5.64. The van der Waals surface area contributed by atoms with Gasteiger partial charge in [0.05, 0.1) is 18.1 Å². The van der Waals surface area contributed by atoms with Gasteiger partial charge >= 0.3 is 0 Å². The number of aromatic nitrogens is 5. The van der Waals surface area contributed by atoms with E-state index >= 15 is 0 Å². The Morgan fingerprint density at radius 3 is 2.43 bits per heavy atom. The summed E-state index contributed by atoms with van der Waals surface area (Å²) in [5, 5.41) is 7.23. The second kappa shape index (κ2) is 11.0. The van der Waals surface area contributed by atoms with E-state index in [4.69, 9.17) is 4.74 Å². The van der Waals surface area contributed by atoms with Crippen LogP contribution >= 0.6 is 0 Å². The Hall–Kier alpha value is -3.99. The van der Waals surface area contributed by atoms with Crippen molar-refractivity contribution in [2.24, 2.45) is 13.0 Å². The van der Waals surface area contributed by atoms with Gasteiger partial charge in [-0.25, -0.2) is 23.1 Å². The fourth-order valence-corrected chi connectivity index (χ4v) is 4.67. The summed E-state index contributed by atoms with van der Waals surface area (Å²) in [4.78, 5) is 13.2. The molecule has 37 heavy (non-hydrogen) atoms. The normalized spacial score (nSPS) is 11.5. The molecule has 0 bridgehead atoms. The number of anilines is 2. The lowest BCUT2D eigenvalue weighted by molar-refractivity contribution is 0.461. The zero-order valence-electron chi connectivity index (χ0n) is 21.6. The molecule has 0 aliphatic carbocycles. The van der Waals surface area contributed by atoms with Crippen LogP contribution in [0.5, 0.6) is 11.6 Å². The van der Waals surface area contributed by atoms with Crippen LogP contribution in [0.25, 0.3) is 11.3 Å². The molecule has 3 heterocycles. The van der Waals surface area contributed by atoms with Gasteiger partial charge in [0, 0.05) is 31.4 Å². The van der Waals surface area contributed by atoms with Crippen molar-refractivity contribution in [2.45, 2.75) is 39.0 Å². The van der Waals surface area contributed by atoms with Crippen LogP contribution in [0.4, 0.5) is 11.8 Å². The molecule has 10 nitrogen and oxygen atoms in total. The van der Waals surface area contributed by atoms with Crippen molar-refractivity contribution in [1.29, 1.82) is 0 Å². The zero-order chi connectivity index (χ0) is 26.6. The average molecular weight is 522 g/mol. The smallest absolute Gasteiger partial charge is 0.267 e. The molecule has 0 saturated heterocycles. The molecule has 0 amide bonds. The maximum atomic E-state index is 12.9. The van der Waals surface area contributed by atoms with Gasteiger partial charge in [-0.1, -0.05) is 32.0 Å². The van der Waals surface area contributed by atoms with Gasteiger partial charge in [0.1, 0.15) is 16.5 Å². The molecule has 0 aliphatic rings. The van der Waals surface area contributed by atoms with Crippen LogP contribution in [0.2, 0.25) is 0 Å². The highest BCUT2D eigenvalue weighted by molar-refractivity contribution is 7.92. The van der Waals surface area contributed by atoms with E-state index in [1.807, 2.05) is 38.1 Å². The minimum absolute atomic E-state index is 0.00305. The quantitative estimate of drug-likeness (QED) is 0.301. The van der Waals surface area contributed by atoms with Crippen LogP contribution in [-0.2, 0) is 17.1 Å². The van der Waals surface area contributed by atoms with Crippen LogP contribution in [0, 0.1) is 19.8 Å². The predicted molar refractivity (Wildman–Crippen MR) is 143 cm³/mol. The Bertz CT molecular complexity index is 1460. The molecule has 0 radical (unpaired) electrons. The van der Waals surface area contributed by atoms with Gasteiger partial charge in [-0.15, -0.1) is 0 Å². The summed E-state index contributed by atoms with van der Waals surface area (Å²) in [6.45, 7) is 9.12. The van der Waals surface area contributed by atoms with Gasteiger partial charge in [-0.3, -0.25) is 4.68 Å². The summed E-state index contributed by atoms with van der Waals surface area (Å²) < 4.78 is 35.7. The lowest BCUT2D eigenvalue weighted by Gasteiger charge is -2.14. The van der Waals surface area contributed by atoms with E-state index in [9.17, 15) is 8.42 Å². The van der Waals surface area contributed by atoms with Crippen LogP contribution in [0.15, 0.2) is 59.9 Å². The molecule has 2 N–H and O–H groups in total. The third-order valence-corrected chi connectivity index (χ3v) is 6.93. The molecule has 0 aliphatic heterocycles. The van der Waals surface area contributed by atoms with Crippen LogP contribution < -0.4 is 14.8 Å². The second-order valence-corrected chi connectivity index (χ2v) is 10.9. The fraction of sp³-hybridized carbons (Fsp3) is 0.308. The maximum absolute atomic E-state index is 12.9. The first kappa shape index (κ1) is 26.1. The predicted octanol–water partition coefficient (Wildman–Crippen LogP) is 4.94. The Morgan fingerprint density at radius 1 is 1.05 bits per heavy atom. The monoisotopic (exact) mass is 521 g/mol. The van der Waals surface area contributed by atoms with Gasteiger partial charge in [0.2, 0.25) is 11.8 Å². The first-order valence-corrected chi connectivity index (χ1v) is 13.4. The average Bonchev–Trinajstić information content (AvgIpc) is 3.27. The van der Waals surface area contributed by atoms with Crippen LogP contribution in [0.1, 0.15) is 31.4 Å². The minimum Gasteiger partial charge on any atom is -0.437 e. The number of benzene rings is 1. The third kappa shape index (κ3) is 6.62. The van der Waals surface area contributed by atoms with Crippen molar-refractivity contribution in [1.82, 2.24) is 24.7 Å². The summed E-state index contributed by atoms with van der Waals surface area (Å²) in [5.74, 6) is 1.87. The molecule has 11 heteroatoms. The number of sulfonamides is 1. The number of aryl methyl sites for hydroxylation is 3. The van der Waals surface area contributed by atoms with Crippen LogP contribution in [0.3, 0.4) is 0 Å². The van der Waals surface area contributed by atoms with E-state index < -0.39 is 10.0 Å². The summed E-state index contributed by atoms with van der Waals surface area (Å²) >= 11 is 0. The van der Waals surface area contributed by atoms with Crippen molar-refractivity contribution in [2.75, 3.05) is 16.6 Å². The lowest BCUT2D eigenvalue weighted by atomic mass is 10.00. The number of ether oxygens (including phenoxy) is 1. The van der Waals surface area contributed by atoms with E-state index in [1.165, 1.54) is 17.1 Å². The molecule has 0 spiro atoms. The minimum atomic E-state index is -3.96. The summed E-state index contributed by atoms with van der Waals surface area (Å²) in [6.07, 6.45) is 5.30. The second-order valence-electron chi connectivity index (χ2n) is 9.23. The molecular weight excluding hydrogens is 490 g/mol. The Labute approximate surface area is 217 Å².